The summed E-state index contributed by atoms with van der Waals surface area (Å²) < 4.78 is 0.325. The van der Waals surface area contributed by atoms with Crippen LogP contribution in [-0.4, -0.2) is 32.7 Å². The van der Waals surface area contributed by atoms with Crippen molar-refractivity contribution in [3.8, 4) is 5.75 Å². The number of aromatic hydroxyl groups is 1. The van der Waals surface area contributed by atoms with Crippen LogP contribution < -0.4 is 5.32 Å². The maximum Gasteiger partial charge on any atom is 0.266 e. The van der Waals surface area contributed by atoms with E-state index in [0.717, 1.165) is 17.3 Å². The van der Waals surface area contributed by atoms with Crippen LogP contribution >= 0.6 is 24.0 Å². The molecule has 0 spiro atoms. The van der Waals surface area contributed by atoms with E-state index >= 15 is 0 Å². The molecule has 2 amide bonds. The van der Waals surface area contributed by atoms with E-state index in [1.54, 1.807) is 30.3 Å². The molecule has 2 aromatic rings. The molecule has 1 aliphatic heterocycles. The molecule has 2 N–H and O–H groups in total. The number of amides is 2. The number of carbonyl (C=O) groups is 2. The molecule has 1 fully saturated rings. The molecule has 1 aliphatic rings. The number of hydrogen-bond acceptors (Lipinski definition) is 5. The lowest BCUT2D eigenvalue weighted by atomic mass is 10.2. The molecule has 0 radical (unpaired) electrons. The maximum absolute atomic E-state index is 12.5. The van der Waals surface area contributed by atoms with E-state index in [9.17, 15) is 14.7 Å². The van der Waals surface area contributed by atoms with Crippen molar-refractivity contribution >= 4 is 46.2 Å². The van der Waals surface area contributed by atoms with Gasteiger partial charge in [-0.25, -0.2) is 0 Å². The van der Waals surface area contributed by atoms with Crippen LogP contribution in [0.2, 0.25) is 0 Å². The third kappa shape index (κ3) is 4.30. The van der Waals surface area contributed by atoms with Gasteiger partial charge >= 0.3 is 0 Å². The van der Waals surface area contributed by atoms with Crippen LogP contribution in [0.5, 0.6) is 5.75 Å². The van der Waals surface area contributed by atoms with Crippen LogP contribution in [0.4, 0.5) is 0 Å². The molecule has 3 rings (SSSR count). The Morgan fingerprint density at radius 1 is 1.15 bits per heavy atom. The lowest BCUT2D eigenvalue weighted by molar-refractivity contribution is -0.128. The zero-order valence-corrected chi connectivity index (χ0v) is 15.3. The number of thiocarbonyl (C=S) groups is 1. The minimum atomic E-state index is -0.335. The molecule has 26 heavy (non-hydrogen) atoms. The molecule has 0 atom stereocenters. The van der Waals surface area contributed by atoms with Gasteiger partial charge in [0.1, 0.15) is 16.6 Å². The number of rotatable bonds is 5. The van der Waals surface area contributed by atoms with Crippen molar-refractivity contribution in [1.82, 2.24) is 10.2 Å². The van der Waals surface area contributed by atoms with Crippen LogP contribution in [0.15, 0.2) is 59.5 Å². The van der Waals surface area contributed by atoms with Crippen molar-refractivity contribution in [3.63, 3.8) is 0 Å². The predicted octanol–water partition coefficient (Wildman–Crippen LogP) is 2.91. The molecule has 0 unspecified atom stereocenters. The summed E-state index contributed by atoms with van der Waals surface area (Å²) in [6.07, 6.45) is 1.58. The number of nitrogens with one attached hydrogen (secondary N) is 1. The molecule has 0 saturated carbocycles. The number of nitrogens with zero attached hydrogens (tertiary/aromatic N) is 1. The Balaban J connectivity index is 1.64. The van der Waals surface area contributed by atoms with Gasteiger partial charge in [-0.2, -0.15) is 0 Å². The van der Waals surface area contributed by atoms with Crippen molar-refractivity contribution in [2.24, 2.45) is 0 Å². The number of benzene rings is 2. The Kier molecular flexibility index (Phi) is 5.70. The molecular weight excluding hydrogens is 368 g/mol. The quantitative estimate of drug-likeness (QED) is 0.613. The fourth-order valence-electron chi connectivity index (χ4n) is 2.38. The summed E-state index contributed by atoms with van der Waals surface area (Å²) >= 11 is 6.34. The van der Waals surface area contributed by atoms with E-state index in [1.165, 1.54) is 4.90 Å². The Morgan fingerprint density at radius 3 is 2.58 bits per heavy atom. The maximum atomic E-state index is 12.5. The summed E-state index contributed by atoms with van der Waals surface area (Å²) in [4.78, 5) is 26.3. The monoisotopic (exact) mass is 384 g/mol. The Bertz CT molecular complexity index is 881. The first-order valence-corrected chi connectivity index (χ1v) is 9.11. The standard InChI is InChI=1S/C19H16N2O3S2/c22-15-9-5-4-8-14(15)10-16-18(24)21(19(25)26-16)12-17(23)20-11-13-6-2-1-3-7-13/h1-10,22H,11-12H2,(H,20,23)/b16-10-. The van der Waals surface area contributed by atoms with Gasteiger partial charge in [0, 0.05) is 12.1 Å². The normalized spacial score (nSPS) is 15.5. The van der Waals surface area contributed by atoms with Crippen molar-refractivity contribution in [2.45, 2.75) is 6.54 Å². The third-order valence-electron chi connectivity index (χ3n) is 3.73. The number of phenolic OH excluding ortho intramolecular Hbond substituents is 1. The van der Waals surface area contributed by atoms with Gasteiger partial charge in [0.05, 0.1) is 4.91 Å². The molecule has 2 aromatic carbocycles. The molecule has 1 heterocycles. The van der Waals surface area contributed by atoms with Crippen LogP contribution in [0.1, 0.15) is 11.1 Å². The average Bonchev–Trinajstić information content (AvgIpc) is 2.90. The third-order valence-corrected chi connectivity index (χ3v) is 5.11. The SMILES string of the molecule is O=C(CN1C(=O)/C(=C/c2ccccc2O)SC1=S)NCc1ccccc1. The van der Waals surface area contributed by atoms with Gasteiger partial charge in [0.15, 0.2) is 0 Å². The highest BCUT2D eigenvalue weighted by atomic mass is 32.2. The first-order chi connectivity index (χ1) is 12.5. The van der Waals surface area contributed by atoms with Gasteiger partial charge in [0.2, 0.25) is 5.91 Å². The highest BCUT2D eigenvalue weighted by molar-refractivity contribution is 8.26. The van der Waals surface area contributed by atoms with Gasteiger partial charge in [-0.3, -0.25) is 14.5 Å². The molecule has 1 saturated heterocycles. The fraction of sp³-hybridized carbons (Fsp3) is 0.105. The molecule has 0 aromatic heterocycles. The Hall–Kier alpha value is -2.64. The van der Waals surface area contributed by atoms with E-state index in [0.29, 0.717) is 21.3 Å². The van der Waals surface area contributed by atoms with Crippen molar-refractivity contribution in [1.29, 1.82) is 0 Å². The summed E-state index contributed by atoms with van der Waals surface area (Å²) in [7, 11) is 0. The zero-order valence-electron chi connectivity index (χ0n) is 13.7. The highest BCUT2D eigenvalue weighted by Gasteiger charge is 2.33. The van der Waals surface area contributed by atoms with Gasteiger partial charge < -0.3 is 10.4 Å². The minimum absolute atomic E-state index is 0.0818. The number of hydrogen-bond donors (Lipinski definition) is 2. The average molecular weight is 384 g/mol. The first kappa shape index (κ1) is 18.2. The summed E-state index contributed by atoms with van der Waals surface area (Å²) in [5, 5.41) is 12.6. The Morgan fingerprint density at radius 2 is 1.85 bits per heavy atom. The molecule has 0 aliphatic carbocycles. The van der Waals surface area contributed by atoms with Crippen molar-refractivity contribution < 1.29 is 14.7 Å². The highest BCUT2D eigenvalue weighted by Crippen LogP contribution is 2.33. The number of carbonyl (C=O) groups excluding carboxylic acids is 2. The van der Waals surface area contributed by atoms with E-state index in [4.69, 9.17) is 12.2 Å². The number of phenols is 1. The van der Waals surface area contributed by atoms with Crippen LogP contribution in [0, 0.1) is 0 Å². The second-order valence-corrected chi connectivity index (χ2v) is 7.26. The van der Waals surface area contributed by atoms with Gasteiger partial charge in [-0.15, -0.1) is 0 Å². The number of thioether (sulfide) groups is 1. The number of para-hydroxylation sites is 1. The summed E-state index contributed by atoms with van der Waals surface area (Å²) in [6, 6.07) is 16.2. The summed E-state index contributed by atoms with van der Waals surface area (Å²) in [6.45, 7) is 0.262. The summed E-state index contributed by atoms with van der Waals surface area (Å²) in [5.74, 6) is -0.537. The topological polar surface area (TPSA) is 69.6 Å². The van der Waals surface area contributed by atoms with E-state index in [1.807, 2.05) is 30.3 Å². The van der Waals surface area contributed by atoms with Gasteiger partial charge in [0.25, 0.3) is 5.91 Å². The van der Waals surface area contributed by atoms with Crippen LogP contribution in [0.3, 0.4) is 0 Å². The predicted molar refractivity (Wildman–Crippen MR) is 106 cm³/mol. The molecule has 132 valence electrons. The zero-order chi connectivity index (χ0) is 18.5. The molecular formula is C19H16N2O3S2. The largest absolute Gasteiger partial charge is 0.507 e. The second-order valence-electron chi connectivity index (χ2n) is 5.59. The molecule has 5 nitrogen and oxygen atoms in total. The Labute approximate surface area is 160 Å². The molecule has 0 bridgehead atoms. The van der Waals surface area contributed by atoms with E-state index < -0.39 is 0 Å². The molecule has 7 heteroatoms. The minimum Gasteiger partial charge on any atom is -0.507 e. The first-order valence-electron chi connectivity index (χ1n) is 7.88. The van der Waals surface area contributed by atoms with Crippen molar-refractivity contribution in [2.75, 3.05) is 6.54 Å². The fourth-order valence-corrected chi connectivity index (χ4v) is 3.63. The van der Waals surface area contributed by atoms with Crippen LogP contribution in [-0.2, 0) is 16.1 Å². The lowest BCUT2D eigenvalue weighted by Gasteiger charge is -2.14. The lowest BCUT2D eigenvalue weighted by Crippen LogP contribution is -2.39. The van der Waals surface area contributed by atoms with E-state index in [-0.39, 0.29) is 24.1 Å². The van der Waals surface area contributed by atoms with Crippen molar-refractivity contribution in [3.05, 3.63) is 70.6 Å². The van der Waals surface area contributed by atoms with E-state index in [2.05, 4.69) is 5.32 Å². The van der Waals surface area contributed by atoms with Gasteiger partial charge in [-0.05, 0) is 17.7 Å². The van der Waals surface area contributed by atoms with Crippen LogP contribution in [0.25, 0.3) is 6.08 Å². The van der Waals surface area contributed by atoms with Gasteiger partial charge in [-0.1, -0.05) is 72.5 Å². The second kappa shape index (κ2) is 8.16. The smallest absolute Gasteiger partial charge is 0.266 e. The summed E-state index contributed by atoms with van der Waals surface area (Å²) in [5.41, 5.74) is 1.51.